The lowest BCUT2D eigenvalue weighted by Crippen LogP contribution is -2.40. The highest BCUT2D eigenvalue weighted by Crippen LogP contribution is 2.30. The average molecular weight is 486 g/mol. The minimum atomic E-state index is 0.137. The first-order valence-electron chi connectivity index (χ1n) is 12.4. The average Bonchev–Trinajstić information content (AvgIpc) is 3.39. The molecule has 2 heterocycles. The highest BCUT2D eigenvalue weighted by Gasteiger charge is 2.27. The van der Waals surface area contributed by atoms with E-state index in [0.29, 0.717) is 32.0 Å². The number of Topliss-reactive ketones (excluding diaryl/α,β-unsaturated/α-hetero) is 1. The molecule has 4 aromatic rings. The lowest BCUT2D eigenvalue weighted by atomic mass is 9.87. The largest absolute Gasteiger partial charge is 0.494 e. The van der Waals surface area contributed by atoms with Crippen molar-refractivity contribution in [2.24, 2.45) is 0 Å². The highest BCUT2D eigenvalue weighted by atomic mass is 32.1. The van der Waals surface area contributed by atoms with Gasteiger partial charge in [-0.2, -0.15) is 0 Å². The van der Waals surface area contributed by atoms with Crippen LogP contribution in [-0.4, -0.2) is 31.6 Å². The van der Waals surface area contributed by atoms with Gasteiger partial charge in [0, 0.05) is 29.1 Å². The fourth-order valence-corrected chi connectivity index (χ4v) is 5.47. The third-order valence-electron chi connectivity index (χ3n) is 6.63. The number of ketones is 1. The number of carbonyl (C=O) groups excluding carboxylic acids is 1. The number of thiophene rings is 1. The van der Waals surface area contributed by atoms with Crippen LogP contribution in [0.1, 0.15) is 46.7 Å². The summed E-state index contributed by atoms with van der Waals surface area (Å²) in [6, 6.07) is 26.6. The van der Waals surface area contributed by atoms with Crippen molar-refractivity contribution >= 4 is 27.2 Å². The maximum atomic E-state index is 12.2. The van der Waals surface area contributed by atoms with Crippen LogP contribution in [0.5, 0.6) is 5.75 Å². The number of piperidine rings is 1. The maximum absolute atomic E-state index is 12.2. The van der Waals surface area contributed by atoms with Crippen molar-refractivity contribution in [2.75, 3.05) is 19.7 Å². The predicted octanol–water partition coefficient (Wildman–Crippen LogP) is 6.61. The van der Waals surface area contributed by atoms with Crippen molar-refractivity contribution in [1.82, 2.24) is 5.32 Å². The van der Waals surface area contributed by atoms with Gasteiger partial charge in [0.1, 0.15) is 5.75 Å². The Labute approximate surface area is 210 Å². The zero-order valence-corrected chi connectivity index (χ0v) is 20.6. The molecule has 2 atom stereocenters. The Hall–Kier alpha value is -2.99. The predicted molar refractivity (Wildman–Crippen MR) is 143 cm³/mol. The monoisotopic (exact) mass is 485 g/mol. The molecule has 1 aliphatic rings. The summed E-state index contributed by atoms with van der Waals surface area (Å²) in [6.07, 6.45) is 2.39. The molecule has 1 N–H and O–H groups in total. The Bertz CT molecular complexity index is 1240. The maximum Gasteiger partial charge on any atom is 0.163 e. The molecule has 1 saturated heterocycles. The molecular weight excluding hydrogens is 454 g/mol. The van der Waals surface area contributed by atoms with E-state index < -0.39 is 0 Å². The van der Waals surface area contributed by atoms with Crippen LogP contribution >= 0.6 is 11.3 Å². The van der Waals surface area contributed by atoms with Gasteiger partial charge < -0.3 is 14.8 Å². The molecule has 0 bridgehead atoms. The minimum absolute atomic E-state index is 0.137. The lowest BCUT2D eigenvalue weighted by molar-refractivity contribution is 0.0106. The zero-order chi connectivity index (χ0) is 23.9. The van der Waals surface area contributed by atoms with Crippen molar-refractivity contribution in [1.29, 1.82) is 0 Å². The van der Waals surface area contributed by atoms with Crippen LogP contribution in [0.25, 0.3) is 10.1 Å². The van der Waals surface area contributed by atoms with Crippen LogP contribution in [0.4, 0.5) is 0 Å². The van der Waals surface area contributed by atoms with Crippen molar-refractivity contribution in [3.63, 3.8) is 0 Å². The standard InChI is InChI=1S/C30H31NO3S/c32-28(24-5-2-1-3-6-24)7-4-17-33-26-11-9-23(10-12-26)27-14-16-31-20-29(27)34-21-22-8-13-30-25(19-22)15-18-35-30/h1-3,5-6,8-13,15,18-19,27,29,31H,4,7,14,16-17,20-21H2. The number of hydrogen-bond acceptors (Lipinski definition) is 5. The molecule has 0 radical (unpaired) electrons. The number of hydrogen-bond donors (Lipinski definition) is 1. The van der Waals surface area contributed by atoms with E-state index in [1.165, 1.54) is 21.2 Å². The van der Waals surface area contributed by atoms with Gasteiger partial charge >= 0.3 is 0 Å². The van der Waals surface area contributed by atoms with E-state index in [-0.39, 0.29) is 11.9 Å². The van der Waals surface area contributed by atoms with Gasteiger partial charge in [-0.25, -0.2) is 0 Å². The molecule has 5 heteroatoms. The second-order valence-corrected chi connectivity index (χ2v) is 10.00. The van der Waals surface area contributed by atoms with Crippen LogP contribution in [0.2, 0.25) is 0 Å². The molecule has 0 aliphatic carbocycles. The molecule has 180 valence electrons. The molecule has 3 aromatic carbocycles. The lowest BCUT2D eigenvalue weighted by Gasteiger charge is -2.32. The Kier molecular flexibility index (Phi) is 7.89. The van der Waals surface area contributed by atoms with Crippen molar-refractivity contribution < 1.29 is 14.3 Å². The van der Waals surface area contributed by atoms with E-state index in [2.05, 4.69) is 47.1 Å². The molecular formula is C30H31NO3S. The molecule has 1 aliphatic heterocycles. The van der Waals surface area contributed by atoms with E-state index in [1.54, 1.807) is 11.3 Å². The van der Waals surface area contributed by atoms with Gasteiger partial charge in [0.2, 0.25) is 0 Å². The summed E-state index contributed by atoms with van der Waals surface area (Å²) in [5, 5.41) is 6.91. The first-order chi connectivity index (χ1) is 17.3. The third kappa shape index (κ3) is 6.17. The number of benzene rings is 3. The van der Waals surface area contributed by atoms with Crippen molar-refractivity contribution in [2.45, 2.75) is 37.9 Å². The first kappa shape index (κ1) is 23.7. The number of nitrogens with one attached hydrogen (secondary N) is 1. The van der Waals surface area contributed by atoms with Gasteiger partial charge in [0.25, 0.3) is 0 Å². The smallest absolute Gasteiger partial charge is 0.163 e. The molecule has 5 rings (SSSR count). The van der Waals surface area contributed by atoms with Gasteiger partial charge in [-0.05, 0) is 71.6 Å². The Morgan fingerprint density at radius 2 is 1.86 bits per heavy atom. The Morgan fingerprint density at radius 3 is 2.71 bits per heavy atom. The normalized spacial score (nSPS) is 17.9. The second-order valence-electron chi connectivity index (χ2n) is 9.05. The van der Waals surface area contributed by atoms with Gasteiger partial charge in [0.05, 0.1) is 19.3 Å². The van der Waals surface area contributed by atoms with E-state index in [9.17, 15) is 4.79 Å². The van der Waals surface area contributed by atoms with Crippen LogP contribution in [0, 0.1) is 0 Å². The molecule has 0 spiro atoms. The number of rotatable bonds is 10. The van der Waals surface area contributed by atoms with E-state index in [4.69, 9.17) is 9.47 Å². The fourth-order valence-electron chi connectivity index (χ4n) is 4.70. The van der Waals surface area contributed by atoms with Crippen LogP contribution < -0.4 is 10.1 Å². The van der Waals surface area contributed by atoms with Crippen molar-refractivity contribution in [3.8, 4) is 5.75 Å². The second kappa shape index (κ2) is 11.6. The Morgan fingerprint density at radius 1 is 1.00 bits per heavy atom. The SMILES string of the molecule is O=C(CCCOc1ccc(C2CCNCC2OCc2ccc3sccc3c2)cc1)c1ccccc1. The molecule has 0 saturated carbocycles. The van der Waals surface area contributed by atoms with Gasteiger partial charge in [-0.1, -0.05) is 48.5 Å². The summed E-state index contributed by atoms with van der Waals surface area (Å²) in [4.78, 5) is 12.2. The number of fused-ring (bicyclic) bond motifs is 1. The molecule has 4 nitrogen and oxygen atoms in total. The summed E-state index contributed by atoms with van der Waals surface area (Å²) < 4.78 is 13.6. The third-order valence-corrected chi connectivity index (χ3v) is 7.53. The topological polar surface area (TPSA) is 47.6 Å². The van der Waals surface area contributed by atoms with Crippen molar-refractivity contribution in [3.05, 3.63) is 101 Å². The molecule has 35 heavy (non-hydrogen) atoms. The molecule has 0 amide bonds. The van der Waals surface area contributed by atoms with E-state index in [1.807, 2.05) is 42.5 Å². The first-order valence-corrected chi connectivity index (χ1v) is 13.2. The minimum Gasteiger partial charge on any atom is -0.494 e. The van der Waals surface area contributed by atoms with E-state index >= 15 is 0 Å². The number of carbonyl (C=O) groups is 1. The van der Waals surface area contributed by atoms with Gasteiger partial charge in [-0.3, -0.25) is 4.79 Å². The summed E-state index contributed by atoms with van der Waals surface area (Å²) in [5.41, 5.74) is 3.27. The fraction of sp³-hybridized carbons (Fsp3) is 0.300. The quantitative estimate of drug-likeness (QED) is 0.203. The van der Waals surface area contributed by atoms with Crippen LogP contribution in [-0.2, 0) is 11.3 Å². The summed E-state index contributed by atoms with van der Waals surface area (Å²) in [7, 11) is 0. The van der Waals surface area contributed by atoms with E-state index in [0.717, 1.165) is 30.8 Å². The highest BCUT2D eigenvalue weighted by molar-refractivity contribution is 7.17. The van der Waals surface area contributed by atoms with Gasteiger partial charge in [-0.15, -0.1) is 11.3 Å². The van der Waals surface area contributed by atoms with Crippen LogP contribution in [0.15, 0.2) is 84.2 Å². The summed E-state index contributed by atoms with van der Waals surface area (Å²) >= 11 is 1.77. The van der Waals surface area contributed by atoms with Gasteiger partial charge in [0.15, 0.2) is 5.78 Å². The van der Waals surface area contributed by atoms with Crippen LogP contribution in [0.3, 0.4) is 0 Å². The number of ether oxygens (including phenoxy) is 2. The molecule has 2 unspecified atom stereocenters. The summed E-state index contributed by atoms with van der Waals surface area (Å²) in [6.45, 7) is 3.02. The zero-order valence-electron chi connectivity index (χ0n) is 19.8. The summed E-state index contributed by atoms with van der Waals surface area (Å²) in [5.74, 6) is 1.37. The Balaban J connectivity index is 1.12. The molecule has 1 fully saturated rings. The molecule has 1 aromatic heterocycles.